The van der Waals surface area contributed by atoms with Crippen molar-refractivity contribution < 1.29 is 12.6 Å². The van der Waals surface area contributed by atoms with Gasteiger partial charge in [-0.05, 0) is 54.2 Å². The molecule has 3 aromatic carbocycles. The number of rotatable bonds is 2. The molecule has 0 aliphatic carbocycles. The third-order valence-corrected chi connectivity index (χ3v) is 4.70. The van der Waals surface area contributed by atoms with Gasteiger partial charge in [-0.15, -0.1) is 0 Å². The minimum atomic E-state index is -2.49. The highest BCUT2D eigenvalue weighted by Gasteiger charge is 2.17. The number of halogens is 1. The highest BCUT2D eigenvalue weighted by atomic mass is 19.1. The van der Waals surface area contributed by atoms with Gasteiger partial charge >= 0.3 is 0 Å². The van der Waals surface area contributed by atoms with Crippen molar-refractivity contribution in [2.24, 2.45) is 0 Å². The molecule has 0 aliphatic heterocycles. The quantitative estimate of drug-likeness (QED) is 0.357. The minimum absolute atomic E-state index is 0.0737. The highest BCUT2D eigenvalue weighted by molar-refractivity contribution is 6.14. The van der Waals surface area contributed by atoms with Crippen molar-refractivity contribution in [3.8, 4) is 11.3 Å². The van der Waals surface area contributed by atoms with Gasteiger partial charge in [0.1, 0.15) is 5.82 Å². The second kappa shape index (κ2) is 6.21. The van der Waals surface area contributed by atoms with E-state index in [0.29, 0.717) is 32.8 Å². The molecule has 0 unspecified atom stereocenters. The van der Waals surface area contributed by atoms with Crippen LogP contribution in [0.4, 0.5) is 4.39 Å². The molecule has 130 valence electrons. The van der Waals surface area contributed by atoms with Gasteiger partial charge in [-0.1, -0.05) is 55.3 Å². The molecule has 0 atom stereocenters. The maximum atomic E-state index is 15.0. The van der Waals surface area contributed by atoms with Gasteiger partial charge in [0.2, 0.25) is 0 Å². The van der Waals surface area contributed by atoms with Gasteiger partial charge < -0.3 is 0 Å². The van der Waals surface area contributed by atoms with Crippen LogP contribution in [0.1, 0.15) is 44.7 Å². The first-order chi connectivity index (χ1) is 14.9. The predicted molar refractivity (Wildman–Crippen MR) is 108 cm³/mol. The number of aromatic nitrogens is 1. The van der Waals surface area contributed by atoms with Gasteiger partial charge in [-0.3, -0.25) is 4.98 Å². The molecule has 1 aromatic heterocycles. The summed E-state index contributed by atoms with van der Waals surface area (Å²) in [6.07, 6.45) is 1.66. The summed E-state index contributed by atoms with van der Waals surface area (Å²) in [6.45, 7) is -0.994. The number of pyridine rings is 1. The Balaban J connectivity index is 2.17. The van der Waals surface area contributed by atoms with E-state index in [2.05, 4.69) is 4.98 Å². The van der Waals surface area contributed by atoms with Crippen molar-refractivity contribution in [1.82, 2.24) is 4.98 Å². The second-order valence-corrected chi connectivity index (χ2v) is 6.84. The lowest BCUT2D eigenvalue weighted by molar-refractivity contribution is 0.641. The smallest absolute Gasteiger partial charge is 0.131 e. The zero-order valence-electron chi connectivity index (χ0n) is 20.6. The molecule has 2 heteroatoms. The first-order valence-corrected chi connectivity index (χ1v) is 8.54. The lowest BCUT2D eigenvalue weighted by Crippen LogP contribution is -1.97. The van der Waals surface area contributed by atoms with Crippen LogP contribution in [0, 0.1) is 19.5 Å². The van der Waals surface area contributed by atoms with Crippen molar-refractivity contribution in [3.63, 3.8) is 0 Å². The molecule has 0 fully saturated rings. The van der Waals surface area contributed by atoms with Gasteiger partial charge in [0.05, 0.1) is 5.69 Å². The van der Waals surface area contributed by atoms with Crippen molar-refractivity contribution in [2.45, 2.75) is 33.5 Å². The Bertz CT molecular complexity index is 1310. The van der Waals surface area contributed by atoms with Crippen LogP contribution in [-0.4, -0.2) is 4.98 Å². The van der Waals surface area contributed by atoms with E-state index in [1.54, 1.807) is 30.5 Å². The number of hydrogen-bond acceptors (Lipinski definition) is 1. The van der Waals surface area contributed by atoms with E-state index >= 15 is 0 Å². The zero-order valence-corrected chi connectivity index (χ0v) is 14.6. The molecule has 0 radical (unpaired) electrons. The van der Waals surface area contributed by atoms with Crippen LogP contribution in [0.15, 0.2) is 54.7 Å². The highest BCUT2D eigenvalue weighted by Crippen LogP contribution is 2.38. The first kappa shape index (κ1) is 11.1. The Morgan fingerprint density at radius 1 is 0.923 bits per heavy atom. The number of hydrogen-bond donors (Lipinski definition) is 0. The summed E-state index contributed by atoms with van der Waals surface area (Å²) in [4.78, 5) is 4.63. The zero-order chi connectivity index (χ0) is 23.4. The molecule has 4 rings (SSSR count). The van der Waals surface area contributed by atoms with E-state index in [1.165, 1.54) is 24.3 Å². The maximum Gasteiger partial charge on any atom is 0.131 e. The van der Waals surface area contributed by atoms with Gasteiger partial charge in [0, 0.05) is 30.8 Å². The predicted octanol–water partition coefficient (Wildman–Crippen LogP) is 6.93. The number of fused-ring (bicyclic) bond motifs is 3. The SMILES string of the molecule is [2H]C([2H])([2H])c1cc(-c2ncc(C(C)C)c3cc(F)c4ccccc4c23)cc(C([2H])([2H])[2H])c1. The third-order valence-electron chi connectivity index (χ3n) is 4.70. The summed E-state index contributed by atoms with van der Waals surface area (Å²) in [5.74, 6) is -0.280. The molecular weight excluding hydrogens is 321 g/mol. The monoisotopic (exact) mass is 349 g/mol. The van der Waals surface area contributed by atoms with E-state index in [9.17, 15) is 4.39 Å². The standard InChI is InChI=1S/C24H22FN/c1-14(2)21-13-26-24(17-10-15(3)9-16(4)11-17)23-19-8-6-5-7-18(19)22(25)12-20(21)23/h5-14H,1-4H3/i3D3,4D3. The molecule has 1 heterocycles. The van der Waals surface area contributed by atoms with Gasteiger partial charge in [-0.2, -0.15) is 0 Å². The van der Waals surface area contributed by atoms with Crippen LogP contribution in [0.3, 0.4) is 0 Å². The van der Waals surface area contributed by atoms with Gasteiger partial charge in [-0.25, -0.2) is 4.39 Å². The van der Waals surface area contributed by atoms with Crippen LogP contribution in [0.2, 0.25) is 0 Å². The molecule has 0 bridgehead atoms. The molecule has 4 aromatic rings. The topological polar surface area (TPSA) is 12.9 Å². The van der Waals surface area contributed by atoms with Crippen molar-refractivity contribution in [1.29, 1.82) is 0 Å². The molecule has 0 saturated carbocycles. The van der Waals surface area contributed by atoms with Crippen molar-refractivity contribution in [2.75, 3.05) is 0 Å². The second-order valence-electron chi connectivity index (χ2n) is 6.84. The van der Waals surface area contributed by atoms with Gasteiger partial charge in [0.15, 0.2) is 0 Å². The lowest BCUT2D eigenvalue weighted by Gasteiger charge is -2.16. The Morgan fingerprint density at radius 3 is 2.27 bits per heavy atom. The molecule has 0 spiro atoms. The minimum Gasteiger partial charge on any atom is -0.255 e. The molecule has 0 N–H and O–H groups in total. The fourth-order valence-corrected chi connectivity index (χ4v) is 3.53. The van der Waals surface area contributed by atoms with E-state index < -0.39 is 13.7 Å². The maximum absolute atomic E-state index is 15.0. The fraction of sp³-hybridized carbons (Fsp3) is 0.208. The Morgan fingerprint density at radius 2 is 1.62 bits per heavy atom. The van der Waals surface area contributed by atoms with Crippen LogP contribution in [-0.2, 0) is 0 Å². The summed E-state index contributed by atoms with van der Waals surface area (Å²) in [5.41, 5.74) is 1.52. The van der Waals surface area contributed by atoms with Crippen LogP contribution < -0.4 is 0 Å². The van der Waals surface area contributed by atoms with E-state index in [0.717, 1.165) is 5.56 Å². The largest absolute Gasteiger partial charge is 0.255 e. The first-order valence-electron chi connectivity index (χ1n) is 11.5. The van der Waals surface area contributed by atoms with Crippen LogP contribution in [0.5, 0.6) is 0 Å². The Labute approximate surface area is 161 Å². The number of aryl methyl sites for hydroxylation is 2. The fourth-order valence-electron chi connectivity index (χ4n) is 3.53. The molecule has 0 aliphatic rings. The van der Waals surface area contributed by atoms with Gasteiger partial charge in [0.25, 0.3) is 0 Å². The summed E-state index contributed by atoms with van der Waals surface area (Å²) < 4.78 is 61.9. The molecular formula is C24H22FN. The Hall–Kier alpha value is -2.74. The van der Waals surface area contributed by atoms with Crippen LogP contribution in [0.25, 0.3) is 32.8 Å². The summed E-state index contributed by atoms with van der Waals surface area (Å²) in [7, 11) is 0. The third kappa shape index (κ3) is 2.66. The average molecular weight is 349 g/mol. The number of benzene rings is 3. The normalized spacial score (nSPS) is 16.0. The molecule has 1 nitrogen and oxygen atoms in total. The molecule has 26 heavy (non-hydrogen) atoms. The van der Waals surface area contributed by atoms with Crippen LogP contribution >= 0.6 is 0 Å². The molecule has 0 saturated heterocycles. The van der Waals surface area contributed by atoms with Crippen molar-refractivity contribution in [3.05, 3.63) is 77.2 Å². The van der Waals surface area contributed by atoms with E-state index in [-0.39, 0.29) is 22.9 Å². The summed E-state index contributed by atoms with van der Waals surface area (Å²) in [5, 5.41) is 2.41. The van der Waals surface area contributed by atoms with E-state index in [1.807, 2.05) is 13.8 Å². The summed E-state index contributed by atoms with van der Waals surface area (Å²) in [6, 6.07) is 12.6. The van der Waals surface area contributed by atoms with Crippen molar-refractivity contribution >= 4 is 21.5 Å². The Kier molecular flexibility index (Phi) is 2.64. The van der Waals surface area contributed by atoms with E-state index in [4.69, 9.17) is 8.22 Å². The number of nitrogens with zero attached hydrogens (tertiary/aromatic N) is 1. The lowest BCUT2D eigenvalue weighted by atomic mass is 9.91. The summed E-state index contributed by atoms with van der Waals surface area (Å²) >= 11 is 0. The average Bonchev–Trinajstić information content (AvgIpc) is 2.71. The molecule has 0 amide bonds.